The smallest absolute Gasteiger partial charge is 0.229 e. The number of halogens is 1. The number of aromatic nitrogens is 2. The van der Waals surface area contributed by atoms with E-state index >= 15 is 0 Å². The van der Waals surface area contributed by atoms with Gasteiger partial charge in [0.05, 0.1) is 0 Å². The monoisotopic (exact) mass is 370 g/mol. The summed E-state index contributed by atoms with van der Waals surface area (Å²) in [5.74, 6) is 0.950. The van der Waals surface area contributed by atoms with Crippen LogP contribution in [0.2, 0.25) is 0 Å². The first kappa shape index (κ1) is 17.7. The molecule has 0 saturated carbocycles. The normalized spacial score (nSPS) is 10.5. The van der Waals surface area contributed by atoms with Crippen molar-refractivity contribution in [3.05, 3.63) is 109 Å². The van der Waals surface area contributed by atoms with Crippen LogP contribution in [0.1, 0.15) is 5.56 Å². The van der Waals surface area contributed by atoms with Crippen LogP contribution in [0.25, 0.3) is 0 Å². The van der Waals surface area contributed by atoms with E-state index in [9.17, 15) is 4.39 Å². The van der Waals surface area contributed by atoms with Gasteiger partial charge in [-0.05, 0) is 48.0 Å². The number of para-hydroxylation sites is 1. The molecule has 1 N–H and O–H groups in total. The molecule has 5 heteroatoms. The molecule has 4 nitrogen and oxygen atoms in total. The van der Waals surface area contributed by atoms with E-state index < -0.39 is 0 Å². The lowest BCUT2D eigenvalue weighted by atomic mass is 10.2. The third-order valence-electron chi connectivity index (χ3n) is 4.27. The SMILES string of the molecule is Fc1ccc(Nc2nccc(N(Cc3ccccc3)c3ccccc3)n2)cc1. The quantitative estimate of drug-likeness (QED) is 0.473. The van der Waals surface area contributed by atoms with Crippen molar-refractivity contribution < 1.29 is 4.39 Å². The van der Waals surface area contributed by atoms with E-state index in [2.05, 4.69) is 44.5 Å². The first-order valence-electron chi connectivity index (χ1n) is 9.00. The molecular weight excluding hydrogens is 351 g/mol. The average molecular weight is 370 g/mol. The second-order valence-corrected chi connectivity index (χ2v) is 6.28. The fourth-order valence-corrected chi connectivity index (χ4v) is 2.90. The van der Waals surface area contributed by atoms with Crippen LogP contribution >= 0.6 is 0 Å². The van der Waals surface area contributed by atoms with E-state index in [0.717, 1.165) is 17.2 Å². The van der Waals surface area contributed by atoms with Gasteiger partial charge in [0.1, 0.15) is 11.6 Å². The lowest BCUT2D eigenvalue weighted by Crippen LogP contribution is -2.18. The maximum atomic E-state index is 13.1. The van der Waals surface area contributed by atoms with Crippen LogP contribution in [-0.2, 0) is 6.54 Å². The van der Waals surface area contributed by atoms with Gasteiger partial charge >= 0.3 is 0 Å². The number of rotatable bonds is 6. The van der Waals surface area contributed by atoms with E-state index in [1.807, 2.05) is 42.5 Å². The molecule has 0 aliphatic carbocycles. The number of hydrogen-bond donors (Lipinski definition) is 1. The van der Waals surface area contributed by atoms with E-state index in [0.29, 0.717) is 12.5 Å². The molecule has 1 heterocycles. The van der Waals surface area contributed by atoms with Gasteiger partial charge in [-0.2, -0.15) is 4.98 Å². The van der Waals surface area contributed by atoms with Crippen LogP contribution in [-0.4, -0.2) is 9.97 Å². The van der Waals surface area contributed by atoms with Crippen LogP contribution in [0, 0.1) is 5.82 Å². The Morgan fingerprint density at radius 1 is 0.786 bits per heavy atom. The Balaban J connectivity index is 1.65. The number of nitrogens with zero attached hydrogens (tertiary/aromatic N) is 3. The zero-order chi connectivity index (χ0) is 19.2. The standard InChI is InChI=1S/C23H19FN4/c24-19-11-13-20(14-12-19)26-23-25-16-15-22(27-23)28(21-9-5-2-6-10-21)17-18-7-3-1-4-8-18/h1-16H,17H2,(H,25,26,27). The second-order valence-electron chi connectivity index (χ2n) is 6.28. The molecule has 0 aliphatic heterocycles. The van der Waals surface area contributed by atoms with E-state index in [-0.39, 0.29) is 5.82 Å². The maximum Gasteiger partial charge on any atom is 0.229 e. The third-order valence-corrected chi connectivity index (χ3v) is 4.27. The Morgan fingerprint density at radius 3 is 2.18 bits per heavy atom. The molecular formula is C23H19FN4. The molecule has 0 radical (unpaired) electrons. The molecule has 138 valence electrons. The summed E-state index contributed by atoms with van der Waals surface area (Å²) in [4.78, 5) is 11.1. The summed E-state index contributed by atoms with van der Waals surface area (Å²) in [6, 6.07) is 28.4. The second kappa shape index (κ2) is 8.31. The number of benzene rings is 3. The van der Waals surface area contributed by atoms with Crippen LogP contribution < -0.4 is 10.2 Å². The minimum atomic E-state index is -0.279. The minimum Gasteiger partial charge on any atom is -0.324 e. The van der Waals surface area contributed by atoms with Crippen LogP contribution in [0.15, 0.2) is 97.2 Å². The number of hydrogen-bond acceptors (Lipinski definition) is 4. The Hall–Kier alpha value is -3.73. The van der Waals surface area contributed by atoms with Crippen molar-refractivity contribution in [2.24, 2.45) is 0 Å². The van der Waals surface area contributed by atoms with Crippen molar-refractivity contribution in [3.8, 4) is 0 Å². The van der Waals surface area contributed by atoms with Crippen molar-refractivity contribution in [1.82, 2.24) is 9.97 Å². The molecule has 28 heavy (non-hydrogen) atoms. The molecule has 0 amide bonds. The highest BCUT2D eigenvalue weighted by molar-refractivity contribution is 5.62. The van der Waals surface area contributed by atoms with Gasteiger partial charge in [-0.3, -0.25) is 0 Å². The molecule has 0 saturated heterocycles. The summed E-state index contributed by atoms with van der Waals surface area (Å²) in [5, 5.41) is 3.13. The first-order valence-corrected chi connectivity index (χ1v) is 9.00. The maximum absolute atomic E-state index is 13.1. The van der Waals surface area contributed by atoms with Gasteiger partial charge in [0.2, 0.25) is 5.95 Å². The van der Waals surface area contributed by atoms with Crippen molar-refractivity contribution >= 4 is 23.1 Å². The van der Waals surface area contributed by atoms with Gasteiger partial charge in [-0.15, -0.1) is 0 Å². The highest BCUT2D eigenvalue weighted by atomic mass is 19.1. The minimum absolute atomic E-state index is 0.279. The van der Waals surface area contributed by atoms with Crippen LogP contribution in [0.3, 0.4) is 0 Å². The Kier molecular flexibility index (Phi) is 5.24. The zero-order valence-electron chi connectivity index (χ0n) is 15.2. The summed E-state index contributed by atoms with van der Waals surface area (Å²) < 4.78 is 13.1. The van der Waals surface area contributed by atoms with E-state index in [1.54, 1.807) is 18.3 Å². The fourth-order valence-electron chi connectivity index (χ4n) is 2.90. The van der Waals surface area contributed by atoms with Crippen LogP contribution in [0.5, 0.6) is 0 Å². The van der Waals surface area contributed by atoms with Gasteiger partial charge in [-0.25, -0.2) is 9.37 Å². The lowest BCUT2D eigenvalue weighted by molar-refractivity contribution is 0.628. The lowest BCUT2D eigenvalue weighted by Gasteiger charge is -2.24. The van der Waals surface area contributed by atoms with Gasteiger partial charge in [0.25, 0.3) is 0 Å². The first-order chi connectivity index (χ1) is 13.8. The molecule has 4 rings (SSSR count). The molecule has 0 aliphatic rings. The number of anilines is 4. The summed E-state index contributed by atoms with van der Waals surface area (Å²) in [7, 11) is 0. The van der Waals surface area contributed by atoms with E-state index in [1.165, 1.54) is 17.7 Å². The number of nitrogens with one attached hydrogen (secondary N) is 1. The fraction of sp³-hybridized carbons (Fsp3) is 0.0435. The van der Waals surface area contributed by atoms with Crippen molar-refractivity contribution in [3.63, 3.8) is 0 Å². The van der Waals surface area contributed by atoms with Gasteiger partial charge in [0, 0.05) is 24.1 Å². The van der Waals surface area contributed by atoms with Gasteiger partial charge < -0.3 is 10.2 Å². The Labute approximate surface area is 163 Å². The third kappa shape index (κ3) is 4.32. The summed E-state index contributed by atoms with van der Waals surface area (Å²) >= 11 is 0. The van der Waals surface area contributed by atoms with Gasteiger partial charge in [-0.1, -0.05) is 48.5 Å². The average Bonchev–Trinajstić information content (AvgIpc) is 2.75. The molecule has 1 aromatic heterocycles. The van der Waals surface area contributed by atoms with E-state index in [4.69, 9.17) is 0 Å². The molecule has 4 aromatic rings. The summed E-state index contributed by atoms with van der Waals surface area (Å²) in [6.07, 6.45) is 1.72. The van der Waals surface area contributed by atoms with Gasteiger partial charge in [0.15, 0.2) is 0 Å². The highest BCUT2D eigenvalue weighted by Crippen LogP contribution is 2.26. The largest absolute Gasteiger partial charge is 0.324 e. The Bertz CT molecular complexity index is 1020. The molecule has 0 unspecified atom stereocenters. The molecule has 0 atom stereocenters. The van der Waals surface area contributed by atoms with Crippen molar-refractivity contribution in [2.45, 2.75) is 6.54 Å². The molecule has 0 fully saturated rings. The topological polar surface area (TPSA) is 41.1 Å². The van der Waals surface area contributed by atoms with Crippen LogP contribution in [0.4, 0.5) is 27.5 Å². The molecule has 3 aromatic carbocycles. The summed E-state index contributed by atoms with van der Waals surface area (Å²) in [5.41, 5.74) is 2.95. The molecule has 0 spiro atoms. The highest BCUT2D eigenvalue weighted by Gasteiger charge is 2.12. The predicted molar refractivity (Wildman–Crippen MR) is 110 cm³/mol. The molecule has 0 bridgehead atoms. The van der Waals surface area contributed by atoms with Crippen molar-refractivity contribution in [1.29, 1.82) is 0 Å². The summed E-state index contributed by atoms with van der Waals surface area (Å²) in [6.45, 7) is 0.678. The zero-order valence-corrected chi connectivity index (χ0v) is 15.2. The predicted octanol–water partition coefficient (Wildman–Crippen LogP) is 5.70. The van der Waals surface area contributed by atoms with Crippen molar-refractivity contribution in [2.75, 3.05) is 10.2 Å². The Morgan fingerprint density at radius 2 is 1.46 bits per heavy atom.